The highest BCUT2D eigenvalue weighted by Crippen LogP contribution is 2.28. The Labute approximate surface area is 160 Å². The van der Waals surface area contributed by atoms with Crippen LogP contribution < -0.4 is 10.1 Å². The second kappa shape index (κ2) is 7.70. The van der Waals surface area contributed by atoms with Gasteiger partial charge in [0.05, 0.1) is 12.0 Å². The minimum absolute atomic E-state index is 0.162. The number of amides is 1. The molecular weight excluding hydrogens is 364 g/mol. The number of nitrogens with one attached hydrogen (secondary N) is 1. The largest absolute Gasteiger partial charge is 0.497 e. The van der Waals surface area contributed by atoms with Crippen LogP contribution in [0.15, 0.2) is 47.4 Å². The summed E-state index contributed by atoms with van der Waals surface area (Å²) in [7, 11) is -2.22. The summed E-state index contributed by atoms with van der Waals surface area (Å²) in [6, 6.07) is 11.3. The van der Waals surface area contributed by atoms with Crippen molar-refractivity contribution in [3.63, 3.8) is 0 Å². The van der Waals surface area contributed by atoms with E-state index in [0.717, 1.165) is 11.1 Å². The molecule has 27 heavy (non-hydrogen) atoms. The Bertz CT molecular complexity index is 939. The molecule has 7 heteroatoms. The van der Waals surface area contributed by atoms with Crippen LogP contribution in [0.25, 0.3) is 0 Å². The maximum atomic E-state index is 13.0. The van der Waals surface area contributed by atoms with Gasteiger partial charge in [0.2, 0.25) is 15.9 Å². The van der Waals surface area contributed by atoms with Crippen LogP contribution in [0.2, 0.25) is 0 Å². The Kier molecular flexibility index (Phi) is 5.53. The molecule has 0 saturated carbocycles. The smallest absolute Gasteiger partial charge is 0.243 e. The summed E-state index contributed by atoms with van der Waals surface area (Å²) < 4.78 is 32.4. The highest BCUT2D eigenvalue weighted by molar-refractivity contribution is 7.89. The van der Waals surface area contributed by atoms with E-state index in [4.69, 9.17) is 4.74 Å². The van der Waals surface area contributed by atoms with E-state index < -0.39 is 16.1 Å². The van der Waals surface area contributed by atoms with E-state index in [1.807, 2.05) is 32.0 Å². The highest BCUT2D eigenvalue weighted by Gasteiger charge is 2.39. The fraction of sp³-hybridized carbons (Fsp3) is 0.350. The zero-order chi connectivity index (χ0) is 19.6. The second-order valence-corrected chi connectivity index (χ2v) is 8.65. The van der Waals surface area contributed by atoms with E-state index in [1.54, 1.807) is 12.1 Å². The van der Waals surface area contributed by atoms with Gasteiger partial charge in [0, 0.05) is 12.2 Å². The van der Waals surface area contributed by atoms with Gasteiger partial charge in [0.1, 0.15) is 11.8 Å². The molecule has 1 amide bonds. The average molecular weight is 388 g/mol. The summed E-state index contributed by atoms with van der Waals surface area (Å²) in [6.45, 7) is 4.24. The summed E-state index contributed by atoms with van der Waals surface area (Å²) in [5, 5.41) is 2.89. The molecule has 0 bridgehead atoms. The van der Waals surface area contributed by atoms with E-state index in [1.165, 1.54) is 23.5 Å². The molecule has 144 valence electrons. The molecule has 3 rings (SSSR count). The van der Waals surface area contributed by atoms with Gasteiger partial charge in [-0.05, 0) is 62.6 Å². The van der Waals surface area contributed by atoms with Crippen molar-refractivity contribution >= 4 is 21.6 Å². The van der Waals surface area contributed by atoms with Gasteiger partial charge in [0.25, 0.3) is 0 Å². The Hall–Kier alpha value is -2.38. The highest BCUT2D eigenvalue weighted by atomic mass is 32.2. The topological polar surface area (TPSA) is 75.7 Å². The van der Waals surface area contributed by atoms with Gasteiger partial charge in [-0.25, -0.2) is 8.42 Å². The minimum atomic E-state index is -3.75. The standard InChI is InChI=1S/C20H24N2O4S/c1-14-6-11-18(15(2)13-14)21-20(23)19-5-4-12-22(19)27(24,25)17-9-7-16(26-3)8-10-17/h6-11,13,19H,4-5,12H2,1-3H3,(H,21,23)/t19-/m0/s1. The zero-order valence-electron chi connectivity index (χ0n) is 15.7. The van der Waals surface area contributed by atoms with Crippen LogP contribution >= 0.6 is 0 Å². The first-order chi connectivity index (χ1) is 12.8. The van der Waals surface area contributed by atoms with E-state index in [9.17, 15) is 13.2 Å². The van der Waals surface area contributed by atoms with Crippen molar-refractivity contribution in [1.29, 1.82) is 0 Å². The van der Waals surface area contributed by atoms with Crippen molar-refractivity contribution in [3.8, 4) is 5.75 Å². The second-order valence-electron chi connectivity index (χ2n) is 6.76. The number of hydrogen-bond acceptors (Lipinski definition) is 4. The molecule has 0 spiro atoms. The molecule has 1 fully saturated rings. The van der Waals surface area contributed by atoms with Crippen LogP contribution in [-0.4, -0.2) is 38.3 Å². The average Bonchev–Trinajstić information content (AvgIpc) is 3.15. The number of hydrogen-bond donors (Lipinski definition) is 1. The first kappa shape index (κ1) is 19.4. The Morgan fingerprint density at radius 2 is 1.85 bits per heavy atom. The molecular formula is C20H24N2O4S. The normalized spacial score (nSPS) is 17.7. The van der Waals surface area contributed by atoms with Crippen LogP contribution in [0.1, 0.15) is 24.0 Å². The first-order valence-corrected chi connectivity index (χ1v) is 10.3. The Morgan fingerprint density at radius 3 is 2.48 bits per heavy atom. The predicted octanol–water partition coefficient (Wildman–Crippen LogP) is 3.10. The third-order valence-electron chi connectivity index (χ3n) is 4.81. The molecule has 0 aromatic heterocycles. The molecule has 6 nitrogen and oxygen atoms in total. The number of rotatable bonds is 5. The van der Waals surface area contributed by atoms with Gasteiger partial charge in [-0.2, -0.15) is 4.31 Å². The molecule has 2 aromatic carbocycles. The SMILES string of the molecule is COc1ccc(S(=O)(=O)N2CCC[C@H]2C(=O)Nc2ccc(C)cc2C)cc1. The summed E-state index contributed by atoms with van der Waals surface area (Å²) in [4.78, 5) is 13.0. The van der Waals surface area contributed by atoms with Gasteiger partial charge in [-0.15, -0.1) is 0 Å². The molecule has 0 radical (unpaired) electrons. The lowest BCUT2D eigenvalue weighted by Crippen LogP contribution is -2.43. The van der Waals surface area contributed by atoms with Gasteiger partial charge in [-0.3, -0.25) is 4.79 Å². The maximum Gasteiger partial charge on any atom is 0.243 e. The van der Waals surface area contributed by atoms with Gasteiger partial charge < -0.3 is 10.1 Å². The van der Waals surface area contributed by atoms with Gasteiger partial charge in [-0.1, -0.05) is 17.7 Å². The number of anilines is 1. The third kappa shape index (κ3) is 3.99. The summed E-state index contributed by atoms with van der Waals surface area (Å²) >= 11 is 0. The number of sulfonamides is 1. The molecule has 1 aliphatic rings. The molecule has 1 saturated heterocycles. The third-order valence-corrected chi connectivity index (χ3v) is 6.73. The first-order valence-electron chi connectivity index (χ1n) is 8.87. The lowest BCUT2D eigenvalue weighted by Gasteiger charge is -2.24. The molecule has 1 aliphatic heterocycles. The predicted molar refractivity (Wildman–Crippen MR) is 104 cm³/mol. The van der Waals surface area contributed by atoms with Crippen molar-refractivity contribution in [1.82, 2.24) is 4.31 Å². The Balaban J connectivity index is 1.82. The van der Waals surface area contributed by atoms with E-state index in [2.05, 4.69) is 5.32 Å². The molecule has 0 aliphatic carbocycles. The van der Waals surface area contributed by atoms with Crippen molar-refractivity contribution in [2.45, 2.75) is 37.6 Å². The molecule has 0 unspecified atom stereocenters. The lowest BCUT2D eigenvalue weighted by molar-refractivity contribution is -0.119. The van der Waals surface area contributed by atoms with Crippen molar-refractivity contribution in [2.24, 2.45) is 0 Å². The van der Waals surface area contributed by atoms with Crippen molar-refractivity contribution in [3.05, 3.63) is 53.6 Å². The summed E-state index contributed by atoms with van der Waals surface area (Å²) in [5.41, 5.74) is 2.76. The quantitative estimate of drug-likeness (QED) is 0.854. The number of ether oxygens (including phenoxy) is 1. The molecule has 1 heterocycles. The molecule has 1 atom stereocenters. The van der Waals surface area contributed by atoms with E-state index in [-0.39, 0.29) is 10.8 Å². The van der Waals surface area contributed by atoms with E-state index in [0.29, 0.717) is 30.8 Å². The number of nitrogens with zero attached hydrogens (tertiary/aromatic N) is 1. The fourth-order valence-corrected chi connectivity index (χ4v) is 5.00. The van der Waals surface area contributed by atoms with Gasteiger partial charge in [0.15, 0.2) is 0 Å². The van der Waals surface area contributed by atoms with E-state index >= 15 is 0 Å². The number of carbonyl (C=O) groups is 1. The van der Waals surface area contributed by atoms with Gasteiger partial charge >= 0.3 is 0 Å². The lowest BCUT2D eigenvalue weighted by atomic mass is 10.1. The summed E-state index contributed by atoms with van der Waals surface area (Å²) in [5.74, 6) is 0.288. The zero-order valence-corrected chi connectivity index (χ0v) is 16.5. The summed E-state index contributed by atoms with van der Waals surface area (Å²) in [6.07, 6.45) is 1.16. The maximum absolute atomic E-state index is 13.0. The van der Waals surface area contributed by atoms with Crippen LogP contribution in [0.3, 0.4) is 0 Å². The minimum Gasteiger partial charge on any atom is -0.497 e. The molecule has 2 aromatic rings. The number of carbonyl (C=O) groups excluding carboxylic acids is 1. The fourth-order valence-electron chi connectivity index (χ4n) is 3.34. The number of aryl methyl sites for hydroxylation is 2. The molecule has 1 N–H and O–H groups in total. The monoisotopic (exact) mass is 388 g/mol. The van der Waals surface area contributed by atoms with Crippen molar-refractivity contribution < 1.29 is 17.9 Å². The number of methoxy groups -OCH3 is 1. The van der Waals surface area contributed by atoms with Crippen molar-refractivity contribution in [2.75, 3.05) is 19.0 Å². The Morgan fingerprint density at radius 1 is 1.15 bits per heavy atom. The van der Waals surface area contributed by atoms with Crippen LogP contribution in [-0.2, 0) is 14.8 Å². The van der Waals surface area contributed by atoms with Crippen LogP contribution in [0, 0.1) is 13.8 Å². The van der Waals surface area contributed by atoms with Crippen LogP contribution in [0.5, 0.6) is 5.75 Å². The number of benzene rings is 2. The van der Waals surface area contributed by atoms with Crippen LogP contribution in [0.4, 0.5) is 5.69 Å².